The number of amides is 2. The van der Waals surface area contributed by atoms with Crippen LogP contribution in [0.4, 0.5) is 4.79 Å². The van der Waals surface area contributed by atoms with E-state index in [0.717, 1.165) is 10.5 Å². The smallest absolute Gasteiger partial charge is 0.417 e. The van der Waals surface area contributed by atoms with Crippen molar-refractivity contribution in [2.75, 3.05) is 0 Å². The van der Waals surface area contributed by atoms with Crippen LogP contribution < -0.4 is 0 Å². The van der Waals surface area contributed by atoms with E-state index in [1.54, 1.807) is 13.0 Å². The third-order valence-corrected chi connectivity index (χ3v) is 20.8. The molecule has 0 spiro atoms. The third-order valence-electron chi connectivity index (χ3n) is 11.8. The van der Waals surface area contributed by atoms with E-state index in [4.69, 9.17) is 23.1 Å². The van der Waals surface area contributed by atoms with E-state index in [0.29, 0.717) is 18.4 Å². The lowest BCUT2D eigenvalue weighted by Gasteiger charge is -2.54. The molecular formula is C40H65NO9Si2. The van der Waals surface area contributed by atoms with Gasteiger partial charge in [0.05, 0.1) is 18.2 Å². The summed E-state index contributed by atoms with van der Waals surface area (Å²) in [6.45, 7) is 32.1. The van der Waals surface area contributed by atoms with Crippen LogP contribution >= 0.6 is 0 Å². The molecule has 4 bridgehead atoms. The van der Waals surface area contributed by atoms with Crippen LogP contribution in [0.25, 0.3) is 0 Å². The lowest BCUT2D eigenvalue weighted by atomic mass is 9.67. The van der Waals surface area contributed by atoms with Crippen LogP contribution in [0.5, 0.6) is 0 Å². The molecule has 2 saturated heterocycles. The molecule has 0 radical (unpaired) electrons. The van der Waals surface area contributed by atoms with Crippen molar-refractivity contribution in [3.63, 3.8) is 0 Å². The maximum atomic E-state index is 14.4. The van der Waals surface area contributed by atoms with Gasteiger partial charge in [-0.15, -0.1) is 0 Å². The van der Waals surface area contributed by atoms with E-state index in [-0.39, 0.29) is 22.3 Å². The van der Waals surface area contributed by atoms with Crippen molar-refractivity contribution in [1.29, 1.82) is 0 Å². The zero-order chi connectivity index (χ0) is 39.8. The second-order valence-corrected chi connectivity index (χ2v) is 27.7. The minimum Gasteiger partial charge on any atom is -0.461 e. The minimum absolute atomic E-state index is 0.0200. The average molecular weight is 760 g/mol. The molecule has 12 heteroatoms. The highest BCUT2D eigenvalue weighted by Crippen LogP contribution is 2.48. The van der Waals surface area contributed by atoms with E-state index >= 15 is 0 Å². The number of esters is 2. The summed E-state index contributed by atoms with van der Waals surface area (Å²) < 4.78 is 31.3. The van der Waals surface area contributed by atoms with Crippen molar-refractivity contribution in [2.45, 2.75) is 169 Å². The van der Waals surface area contributed by atoms with Crippen molar-refractivity contribution in [3.8, 4) is 0 Å². The van der Waals surface area contributed by atoms with E-state index in [1.807, 2.05) is 26.0 Å². The Balaban J connectivity index is 2.26. The second kappa shape index (κ2) is 15.9. The molecule has 4 aliphatic rings. The Kier molecular flexibility index (Phi) is 13.3. The summed E-state index contributed by atoms with van der Waals surface area (Å²) in [6, 6.07) is -1.10. The molecule has 1 aliphatic carbocycles. The predicted molar refractivity (Wildman–Crippen MR) is 208 cm³/mol. The van der Waals surface area contributed by atoms with Gasteiger partial charge in [0.15, 0.2) is 22.7 Å². The van der Waals surface area contributed by atoms with Gasteiger partial charge >= 0.3 is 18.0 Å². The van der Waals surface area contributed by atoms with Crippen molar-refractivity contribution in [1.82, 2.24) is 4.90 Å². The molecule has 292 valence electrons. The number of allylic oxidation sites excluding steroid dienone is 4. The van der Waals surface area contributed by atoms with Gasteiger partial charge in [-0.2, -0.15) is 0 Å². The Morgan fingerprint density at radius 3 is 1.96 bits per heavy atom. The largest absolute Gasteiger partial charge is 0.461 e. The van der Waals surface area contributed by atoms with Crippen LogP contribution in [-0.4, -0.2) is 82.0 Å². The van der Waals surface area contributed by atoms with E-state index in [1.165, 1.54) is 13.8 Å². The highest BCUT2D eigenvalue weighted by Gasteiger charge is 2.64. The molecule has 0 saturated carbocycles. The lowest BCUT2D eigenvalue weighted by Crippen LogP contribution is -2.70. The summed E-state index contributed by atoms with van der Waals surface area (Å²) in [6.07, 6.45) is 8.55. The number of hydrogen-bond acceptors (Lipinski definition) is 9. The van der Waals surface area contributed by atoms with Gasteiger partial charge in [-0.3, -0.25) is 14.4 Å². The summed E-state index contributed by atoms with van der Waals surface area (Å²) in [4.78, 5) is 54.8. The summed E-state index contributed by atoms with van der Waals surface area (Å²) in [7, 11) is -4.47. The van der Waals surface area contributed by atoms with Crippen LogP contribution in [0, 0.1) is 11.3 Å². The summed E-state index contributed by atoms with van der Waals surface area (Å²) >= 11 is 0. The molecular weight excluding hydrogens is 695 g/mol. The number of rotatable bonds is 6. The quantitative estimate of drug-likeness (QED) is 0.149. The minimum atomic E-state index is -2.28. The van der Waals surface area contributed by atoms with Crippen molar-refractivity contribution in [3.05, 3.63) is 47.6 Å². The van der Waals surface area contributed by atoms with Gasteiger partial charge in [-0.05, 0) is 70.4 Å². The number of carbonyl (C=O) groups is 4. The Bertz CT molecular complexity index is 1500. The molecule has 10 nitrogen and oxygen atoms in total. The zero-order valence-corrected chi connectivity index (χ0v) is 36.5. The van der Waals surface area contributed by atoms with Gasteiger partial charge < -0.3 is 23.1 Å². The van der Waals surface area contributed by atoms with E-state index in [9.17, 15) is 19.2 Å². The first-order valence-corrected chi connectivity index (χ1v) is 24.4. The van der Waals surface area contributed by atoms with Crippen molar-refractivity contribution >= 4 is 40.6 Å². The van der Waals surface area contributed by atoms with E-state index < -0.39 is 76.3 Å². The van der Waals surface area contributed by atoms with Crippen LogP contribution in [0.3, 0.4) is 0 Å². The molecule has 0 aromatic carbocycles. The molecule has 52 heavy (non-hydrogen) atoms. The molecule has 3 aliphatic heterocycles. The molecule has 3 heterocycles. The molecule has 0 aromatic heterocycles. The van der Waals surface area contributed by atoms with Crippen LogP contribution in [0.1, 0.15) is 95.9 Å². The van der Waals surface area contributed by atoms with Crippen LogP contribution in [0.2, 0.25) is 36.3 Å². The molecule has 8 atom stereocenters. The first-order chi connectivity index (χ1) is 23.6. The fraction of sp³-hybridized carbons (Fsp3) is 0.700. The maximum Gasteiger partial charge on any atom is 0.417 e. The second-order valence-electron chi connectivity index (χ2n) is 18.2. The Morgan fingerprint density at radius 1 is 0.904 bits per heavy atom. The van der Waals surface area contributed by atoms with Crippen LogP contribution in [-0.2, 0) is 37.4 Å². The highest BCUT2D eigenvalue weighted by atomic mass is 28.4. The first-order valence-electron chi connectivity index (χ1n) is 18.6. The number of imide groups is 1. The van der Waals surface area contributed by atoms with Gasteiger partial charge in [0.25, 0.3) is 5.91 Å². The molecule has 0 unspecified atom stereocenters. The molecule has 2 fully saturated rings. The highest BCUT2D eigenvalue weighted by molar-refractivity contribution is 6.74. The first kappa shape index (κ1) is 43.6. The average Bonchev–Trinajstić information content (AvgIpc) is 2.99. The fourth-order valence-electron chi connectivity index (χ4n) is 6.39. The number of fused-ring (bicyclic) bond motifs is 8. The number of hydrogen-bond donors (Lipinski definition) is 0. The predicted octanol–water partition coefficient (Wildman–Crippen LogP) is 8.80. The van der Waals surface area contributed by atoms with Crippen molar-refractivity contribution < 1.29 is 42.2 Å². The van der Waals surface area contributed by atoms with Crippen LogP contribution in [0.15, 0.2) is 47.6 Å². The van der Waals surface area contributed by atoms with Gasteiger partial charge in [-0.25, -0.2) is 9.69 Å². The molecule has 4 rings (SSSR count). The summed E-state index contributed by atoms with van der Waals surface area (Å²) in [5, 5.41) is -0.0866. The standard InChI is InChI=1S/C40H65NO9Si2/c1-25-17-20-30(49-51(13,14)38(6,7)8)21-19-26(2)23-33-40(12)34(48-37(45)41(33)35(43)28(4)46-29(5)42)27(3)32(47-36(40)44)24-31(22-18-25)50-52(15,16)39(9,10)11/h17-19,21-23,27-28,30-34H,20,24H2,1-16H3/b21-19+,22-18+,25-17+,26-23+/t27-,28+,30+,31-,32-,33-,34+,40+/m1/s1. The number of nitrogens with zero attached hydrogens (tertiary/aromatic N) is 1. The summed E-state index contributed by atoms with van der Waals surface area (Å²) in [5.41, 5.74) is 0.288. The Morgan fingerprint density at radius 2 is 1.42 bits per heavy atom. The van der Waals surface area contributed by atoms with Gasteiger partial charge in [0.1, 0.15) is 17.6 Å². The lowest BCUT2D eigenvalue weighted by molar-refractivity contribution is -0.214. The number of ether oxygens (including phenoxy) is 3. The molecule has 2 amide bonds. The SMILES string of the molecule is CC(=O)O[C@@H](C)C(=O)N1C(=O)O[C@H]2[C@H](C)[C@H]3C[C@H](O[Si](C)(C)C(C)(C)C)/C=C/C(C)=C/C[C@H](O[Si](C)(C)C(C)(C)C)/C=C/C(C)=C/[C@@H]1[C@]2(C)C(=O)O3. The van der Waals surface area contributed by atoms with E-state index in [2.05, 4.69) is 92.9 Å². The van der Waals surface area contributed by atoms with Gasteiger partial charge in [0.2, 0.25) is 0 Å². The maximum absolute atomic E-state index is 14.4. The number of carbonyl (C=O) groups excluding carboxylic acids is 4. The normalized spacial score (nSPS) is 33.3. The zero-order valence-electron chi connectivity index (χ0n) is 34.5. The Hall–Kier alpha value is -2.81. The van der Waals surface area contributed by atoms with Gasteiger partial charge in [0, 0.05) is 19.3 Å². The topological polar surface area (TPSA) is 118 Å². The monoisotopic (exact) mass is 759 g/mol. The fourth-order valence-corrected chi connectivity index (χ4v) is 8.96. The van der Waals surface area contributed by atoms with Crippen molar-refractivity contribution in [2.24, 2.45) is 11.3 Å². The third kappa shape index (κ3) is 9.64. The Labute approximate surface area is 314 Å². The molecule has 0 N–H and O–H groups in total. The summed E-state index contributed by atoms with van der Waals surface area (Å²) in [5.74, 6) is -2.49. The van der Waals surface area contributed by atoms with Gasteiger partial charge in [-0.1, -0.05) is 96.1 Å². The molecule has 0 aromatic rings.